The predicted molar refractivity (Wildman–Crippen MR) is 63.2 cm³/mol. The van der Waals surface area contributed by atoms with Gasteiger partial charge in [0, 0.05) is 18.4 Å². The van der Waals surface area contributed by atoms with Crippen molar-refractivity contribution in [3.05, 3.63) is 0 Å². The Morgan fingerprint density at radius 2 is 2.18 bits per heavy atom. The van der Waals surface area contributed by atoms with E-state index in [1.165, 1.54) is 19.4 Å². The number of hydrogen-bond donors (Lipinski definition) is 1. The SMILES string of the molecule is CC1C(=O)NC(=O)CC12CCN1CCCC1C2. The molecule has 0 radical (unpaired) electrons. The summed E-state index contributed by atoms with van der Waals surface area (Å²) in [6.45, 7) is 4.26. The molecule has 3 unspecified atom stereocenters. The van der Waals surface area contributed by atoms with Crippen LogP contribution in [0.3, 0.4) is 0 Å². The van der Waals surface area contributed by atoms with Crippen molar-refractivity contribution < 1.29 is 9.59 Å². The lowest BCUT2D eigenvalue weighted by molar-refractivity contribution is -0.146. The van der Waals surface area contributed by atoms with Crippen LogP contribution in [-0.4, -0.2) is 35.8 Å². The molecule has 1 spiro atoms. The minimum absolute atomic E-state index is 0.0112. The fourth-order valence-electron chi connectivity index (χ4n) is 3.95. The summed E-state index contributed by atoms with van der Waals surface area (Å²) in [6, 6.07) is 0.616. The first-order valence-corrected chi connectivity index (χ1v) is 6.68. The van der Waals surface area contributed by atoms with Gasteiger partial charge in [0.1, 0.15) is 0 Å². The van der Waals surface area contributed by atoms with Gasteiger partial charge in [0.2, 0.25) is 11.8 Å². The second-order valence-electron chi connectivity index (χ2n) is 5.96. The smallest absolute Gasteiger partial charge is 0.229 e. The molecule has 0 aromatic heterocycles. The Balaban J connectivity index is 1.84. The average Bonchev–Trinajstić information content (AvgIpc) is 2.72. The zero-order valence-electron chi connectivity index (χ0n) is 10.4. The predicted octanol–water partition coefficient (Wildman–Crippen LogP) is 0.914. The summed E-state index contributed by atoms with van der Waals surface area (Å²) < 4.78 is 0. The highest BCUT2D eigenvalue weighted by Gasteiger charge is 2.50. The molecule has 3 aliphatic heterocycles. The molecule has 3 rings (SSSR count). The van der Waals surface area contributed by atoms with Crippen LogP contribution in [-0.2, 0) is 9.59 Å². The Bertz CT molecular complexity index is 368. The zero-order valence-corrected chi connectivity index (χ0v) is 10.4. The molecule has 0 aromatic carbocycles. The van der Waals surface area contributed by atoms with E-state index in [0.717, 1.165) is 19.4 Å². The Hall–Kier alpha value is -0.900. The molecule has 3 atom stereocenters. The molecular formula is C13H20N2O2. The van der Waals surface area contributed by atoms with Crippen molar-refractivity contribution in [1.29, 1.82) is 0 Å². The molecule has 2 amide bonds. The molecule has 0 aliphatic carbocycles. The number of fused-ring (bicyclic) bond motifs is 1. The van der Waals surface area contributed by atoms with Crippen molar-refractivity contribution in [3.8, 4) is 0 Å². The first-order valence-electron chi connectivity index (χ1n) is 6.68. The Morgan fingerprint density at radius 3 is 3.00 bits per heavy atom. The van der Waals surface area contributed by atoms with Crippen LogP contribution < -0.4 is 5.32 Å². The second-order valence-corrected chi connectivity index (χ2v) is 5.96. The van der Waals surface area contributed by atoms with Crippen molar-refractivity contribution in [2.24, 2.45) is 11.3 Å². The monoisotopic (exact) mass is 236 g/mol. The van der Waals surface area contributed by atoms with Crippen LogP contribution >= 0.6 is 0 Å². The minimum atomic E-state index is -0.0699. The molecule has 94 valence electrons. The van der Waals surface area contributed by atoms with Crippen molar-refractivity contribution in [2.45, 2.75) is 45.1 Å². The van der Waals surface area contributed by atoms with Gasteiger partial charge in [0.05, 0.1) is 0 Å². The van der Waals surface area contributed by atoms with E-state index in [0.29, 0.717) is 12.5 Å². The van der Waals surface area contributed by atoms with Gasteiger partial charge in [-0.15, -0.1) is 0 Å². The summed E-state index contributed by atoms with van der Waals surface area (Å²) in [6.07, 6.45) is 5.10. The Labute approximate surface area is 102 Å². The van der Waals surface area contributed by atoms with E-state index in [-0.39, 0.29) is 23.1 Å². The van der Waals surface area contributed by atoms with Gasteiger partial charge in [-0.3, -0.25) is 14.9 Å². The summed E-state index contributed by atoms with van der Waals surface area (Å²) >= 11 is 0. The molecule has 3 saturated heterocycles. The third kappa shape index (κ3) is 1.69. The maximum Gasteiger partial charge on any atom is 0.229 e. The number of hydrogen-bond acceptors (Lipinski definition) is 3. The van der Waals surface area contributed by atoms with Crippen LogP contribution in [0.25, 0.3) is 0 Å². The molecule has 4 nitrogen and oxygen atoms in total. The van der Waals surface area contributed by atoms with Gasteiger partial charge in [-0.25, -0.2) is 0 Å². The van der Waals surface area contributed by atoms with Crippen LogP contribution in [0.1, 0.15) is 39.0 Å². The molecule has 3 fully saturated rings. The summed E-state index contributed by atoms with van der Waals surface area (Å²) in [4.78, 5) is 26.0. The van der Waals surface area contributed by atoms with E-state index in [4.69, 9.17) is 0 Å². The fraction of sp³-hybridized carbons (Fsp3) is 0.846. The maximum atomic E-state index is 11.8. The summed E-state index contributed by atoms with van der Waals surface area (Å²) in [7, 11) is 0. The van der Waals surface area contributed by atoms with Gasteiger partial charge in [0.25, 0.3) is 0 Å². The molecule has 3 aliphatic rings. The minimum Gasteiger partial charge on any atom is -0.300 e. The molecule has 4 heteroatoms. The van der Waals surface area contributed by atoms with Crippen LogP contribution in [0.4, 0.5) is 0 Å². The van der Waals surface area contributed by atoms with Crippen LogP contribution in [0.5, 0.6) is 0 Å². The van der Waals surface area contributed by atoms with Crippen molar-refractivity contribution in [3.63, 3.8) is 0 Å². The third-order valence-corrected chi connectivity index (χ3v) is 5.13. The molecule has 0 aromatic rings. The highest BCUT2D eigenvalue weighted by Crippen LogP contribution is 2.48. The number of carbonyl (C=O) groups excluding carboxylic acids is 2. The van der Waals surface area contributed by atoms with Gasteiger partial charge in [0.15, 0.2) is 0 Å². The molecule has 3 heterocycles. The van der Waals surface area contributed by atoms with Gasteiger partial charge < -0.3 is 4.90 Å². The third-order valence-electron chi connectivity index (χ3n) is 5.13. The number of nitrogens with zero attached hydrogens (tertiary/aromatic N) is 1. The molecular weight excluding hydrogens is 216 g/mol. The van der Waals surface area contributed by atoms with Gasteiger partial charge >= 0.3 is 0 Å². The normalized spacial score (nSPS) is 42.6. The van der Waals surface area contributed by atoms with Crippen molar-refractivity contribution in [1.82, 2.24) is 10.2 Å². The molecule has 0 saturated carbocycles. The number of carbonyl (C=O) groups is 2. The number of rotatable bonds is 0. The number of imide groups is 1. The first-order chi connectivity index (χ1) is 8.11. The van der Waals surface area contributed by atoms with Crippen molar-refractivity contribution >= 4 is 11.8 Å². The van der Waals surface area contributed by atoms with Gasteiger partial charge in [-0.1, -0.05) is 6.92 Å². The molecule has 17 heavy (non-hydrogen) atoms. The molecule has 0 bridgehead atoms. The van der Waals surface area contributed by atoms with E-state index < -0.39 is 0 Å². The van der Waals surface area contributed by atoms with Gasteiger partial charge in [-0.2, -0.15) is 0 Å². The summed E-state index contributed by atoms with van der Waals surface area (Å²) in [5.41, 5.74) is -0.0507. The van der Waals surface area contributed by atoms with Crippen LogP contribution in [0.2, 0.25) is 0 Å². The first kappa shape index (κ1) is 11.2. The topological polar surface area (TPSA) is 49.4 Å². The number of amides is 2. The lowest BCUT2D eigenvalue weighted by Gasteiger charge is -2.48. The summed E-state index contributed by atoms with van der Waals surface area (Å²) in [5.74, 6) is -0.143. The lowest BCUT2D eigenvalue weighted by Crippen LogP contribution is -2.56. The lowest BCUT2D eigenvalue weighted by atomic mass is 9.63. The number of piperidine rings is 2. The highest BCUT2D eigenvalue weighted by atomic mass is 16.2. The van der Waals surface area contributed by atoms with Crippen LogP contribution in [0.15, 0.2) is 0 Å². The molecule has 1 N–H and O–H groups in total. The number of nitrogens with one attached hydrogen (secondary N) is 1. The largest absolute Gasteiger partial charge is 0.300 e. The van der Waals surface area contributed by atoms with Gasteiger partial charge in [-0.05, 0) is 44.2 Å². The fourth-order valence-corrected chi connectivity index (χ4v) is 3.95. The van der Waals surface area contributed by atoms with E-state index >= 15 is 0 Å². The Morgan fingerprint density at radius 1 is 1.35 bits per heavy atom. The van der Waals surface area contributed by atoms with E-state index in [1.807, 2.05) is 6.92 Å². The zero-order chi connectivity index (χ0) is 12.0. The van der Waals surface area contributed by atoms with E-state index in [2.05, 4.69) is 10.2 Å². The standard InChI is InChI=1S/C13H20N2O2/c1-9-12(17)14-11(16)8-13(9)4-6-15-5-2-3-10(15)7-13/h9-10H,2-8H2,1H3,(H,14,16,17). The summed E-state index contributed by atoms with van der Waals surface area (Å²) in [5, 5.41) is 2.47. The maximum absolute atomic E-state index is 11.8. The van der Waals surface area contributed by atoms with Crippen LogP contribution in [0, 0.1) is 11.3 Å². The second kappa shape index (κ2) is 3.80. The van der Waals surface area contributed by atoms with E-state index in [9.17, 15) is 9.59 Å². The average molecular weight is 236 g/mol. The van der Waals surface area contributed by atoms with E-state index in [1.54, 1.807) is 0 Å². The highest BCUT2D eigenvalue weighted by molar-refractivity contribution is 5.99. The quantitative estimate of drug-likeness (QED) is 0.636. The van der Waals surface area contributed by atoms with Crippen molar-refractivity contribution in [2.75, 3.05) is 13.1 Å². The Kier molecular flexibility index (Phi) is 2.51.